The number of likely N-dealkylation sites (N-methyl/N-ethyl adjacent to an activating group) is 1. The molecule has 1 fully saturated rings. The number of halogens is 3. The Morgan fingerprint density at radius 3 is 2.64 bits per heavy atom. The summed E-state index contributed by atoms with van der Waals surface area (Å²) in [7, 11) is 1.58. The fourth-order valence-electron chi connectivity index (χ4n) is 4.28. The lowest BCUT2D eigenvalue weighted by atomic mass is 9.89. The molecule has 0 unspecified atom stereocenters. The molecule has 0 saturated heterocycles. The van der Waals surface area contributed by atoms with Gasteiger partial charge in [0.15, 0.2) is 0 Å². The van der Waals surface area contributed by atoms with Crippen LogP contribution in [0.3, 0.4) is 0 Å². The van der Waals surface area contributed by atoms with E-state index in [9.17, 15) is 33.3 Å². The highest BCUT2D eigenvalue weighted by Crippen LogP contribution is 2.36. The molecule has 1 aromatic rings. The summed E-state index contributed by atoms with van der Waals surface area (Å²) in [6.07, 6.45) is 1.72. The summed E-state index contributed by atoms with van der Waals surface area (Å²) in [5, 5.41) is 47.5. The number of aliphatic hydroxyl groups is 3. The van der Waals surface area contributed by atoms with Crippen LogP contribution in [-0.2, 0) is 15.8 Å². The van der Waals surface area contributed by atoms with Gasteiger partial charge in [0.25, 0.3) is 0 Å². The summed E-state index contributed by atoms with van der Waals surface area (Å²) in [6.45, 7) is -0.161. The summed E-state index contributed by atoms with van der Waals surface area (Å²) < 4.78 is 43.8. The molecule has 1 aromatic carbocycles. The summed E-state index contributed by atoms with van der Waals surface area (Å²) in [5.41, 5.74) is -0.854. The number of aliphatic hydroxyl groups excluding tert-OH is 3. The second-order valence-electron chi connectivity index (χ2n) is 9.40. The van der Waals surface area contributed by atoms with Gasteiger partial charge >= 0.3 is 6.18 Å². The van der Waals surface area contributed by atoms with Crippen molar-refractivity contribution in [1.82, 2.24) is 10.3 Å². The van der Waals surface area contributed by atoms with Gasteiger partial charge in [0.1, 0.15) is 18.5 Å². The topological polar surface area (TPSA) is 143 Å². The van der Waals surface area contributed by atoms with Crippen molar-refractivity contribution in [2.75, 3.05) is 26.8 Å². The van der Waals surface area contributed by atoms with E-state index in [-0.39, 0.29) is 43.8 Å². The SMILES string of the molecule is CN(CCON(O)O)C(=O)CCC/C=C\C[C@@H]1[C@@H](/C=C/[C@@H](O)COc2cccc(C(F)(F)F)c2)[C@H](O)C[C@@H]1O. The lowest BCUT2D eigenvalue weighted by Crippen LogP contribution is -2.31. The number of alkyl halides is 3. The maximum atomic E-state index is 12.8. The summed E-state index contributed by atoms with van der Waals surface area (Å²) >= 11 is 0. The molecular weight excluding hydrogens is 525 g/mol. The van der Waals surface area contributed by atoms with Crippen LogP contribution >= 0.6 is 0 Å². The average molecular weight is 563 g/mol. The second-order valence-corrected chi connectivity index (χ2v) is 9.40. The van der Waals surface area contributed by atoms with Gasteiger partial charge in [0, 0.05) is 32.4 Å². The van der Waals surface area contributed by atoms with Gasteiger partial charge < -0.3 is 25.0 Å². The Labute approximate surface area is 225 Å². The van der Waals surface area contributed by atoms with E-state index in [0.29, 0.717) is 25.7 Å². The Bertz CT molecular complexity index is 944. The molecule has 0 heterocycles. The molecule has 0 aromatic heterocycles. The molecule has 0 radical (unpaired) electrons. The van der Waals surface area contributed by atoms with E-state index < -0.39 is 41.4 Å². The van der Waals surface area contributed by atoms with Crippen LogP contribution in [0.25, 0.3) is 0 Å². The molecule has 1 aliphatic carbocycles. The smallest absolute Gasteiger partial charge is 0.416 e. The van der Waals surface area contributed by atoms with Crippen LogP contribution in [0.1, 0.15) is 37.7 Å². The van der Waals surface area contributed by atoms with Crippen LogP contribution in [0, 0.1) is 11.8 Å². The van der Waals surface area contributed by atoms with Gasteiger partial charge in [0.05, 0.1) is 29.8 Å². The number of allylic oxidation sites excluding steroid dienone is 2. The number of nitrogens with zero attached hydrogens (tertiary/aromatic N) is 2. The van der Waals surface area contributed by atoms with Gasteiger partial charge in [0.2, 0.25) is 5.91 Å². The van der Waals surface area contributed by atoms with Gasteiger partial charge in [-0.25, -0.2) is 4.84 Å². The molecule has 0 bridgehead atoms. The predicted octanol–water partition coefficient (Wildman–Crippen LogP) is 2.95. The van der Waals surface area contributed by atoms with E-state index in [4.69, 9.17) is 15.2 Å². The number of carbonyl (C=O) groups is 1. The summed E-state index contributed by atoms with van der Waals surface area (Å²) in [6, 6.07) is 4.35. The van der Waals surface area contributed by atoms with Crippen LogP contribution in [0.4, 0.5) is 13.2 Å². The van der Waals surface area contributed by atoms with E-state index in [1.165, 1.54) is 23.1 Å². The first-order valence-electron chi connectivity index (χ1n) is 12.6. The Kier molecular flexibility index (Phi) is 13.3. The van der Waals surface area contributed by atoms with Gasteiger partial charge in [-0.3, -0.25) is 15.2 Å². The number of benzene rings is 1. The van der Waals surface area contributed by atoms with E-state index in [2.05, 4.69) is 4.84 Å². The number of ether oxygens (including phenoxy) is 1. The molecule has 13 heteroatoms. The largest absolute Gasteiger partial charge is 0.491 e. The van der Waals surface area contributed by atoms with Crippen LogP contribution in [0.2, 0.25) is 0 Å². The molecule has 0 spiro atoms. The quantitative estimate of drug-likeness (QED) is 0.124. The minimum Gasteiger partial charge on any atom is -0.491 e. The Hall–Kier alpha value is -2.52. The number of amides is 1. The molecule has 1 saturated carbocycles. The fourth-order valence-corrected chi connectivity index (χ4v) is 4.28. The fraction of sp³-hybridized carbons (Fsp3) is 0.577. The van der Waals surface area contributed by atoms with E-state index in [1.807, 2.05) is 12.2 Å². The molecule has 1 amide bonds. The lowest BCUT2D eigenvalue weighted by molar-refractivity contribution is -0.492. The normalized spacial score (nSPS) is 22.7. The molecule has 2 rings (SSSR count). The molecule has 10 nitrogen and oxygen atoms in total. The zero-order valence-electron chi connectivity index (χ0n) is 21.7. The number of unbranched alkanes of at least 4 members (excludes halogenated alkanes) is 1. The van der Waals surface area contributed by atoms with Crippen LogP contribution in [-0.4, -0.2) is 87.0 Å². The zero-order chi connectivity index (χ0) is 29.0. The molecule has 5 atom stereocenters. The van der Waals surface area contributed by atoms with Crippen molar-refractivity contribution in [2.24, 2.45) is 11.8 Å². The summed E-state index contributed by atoms with van der Waals surface area (Å²) in [4.78, 5) is 17.9. The third kappa shape index (κ3) is 11.6. The first-order chi connectivity index (χ1) is 18.4. The van der Waals surface area contributed by atoms with E-state index in [1.54, 1.807) is 13.1 Å². The Balaban J connectivity index is 1.77. The Morgan fingerprint density at radius 1 is 1.21 bits per heavy atom. The first-order valence-corrected chi connectivity index (χ1v) is 12.6. The first kappa shape index (κ1) is 32.7. The maximum Gasteiger partial charge on any atom is 0.416 e. The highest BCUT2D eigenvalue weighted by Gasteiger charge is 2.39. The standard InChI is InChI=1S/C26H37F3N2O8/c1-30(13-14-39-31(36)37)25(35)10-5-3-2-4-9-21-22(24(34)16-23(21)33)12-11-19(32)17-38-20-8-6-7-18(15-20)26(27,28)29/h2,4,6-8,11-12,15,19,21-24,32-34,36-37H,3,5,9-10,13-14,16-17H2,1H3/b4-2-,12-11+/t19-,21-,22-,23+,24-/m1/s1. The van der Waals surface area contributed by atoms with Crippen molar-refractivity contribution in [3.8, 4) is 5.75 Å². The zero-order valence-corrected chi connectivity index (χ0v) is 21.7. The van der Waals surface area contributed by atoms with Gasteiger partial charge in [-0.2, -0.15) is 13.2 Å². The van der Waals surface area contributed by atoms with Crippen molar-refractivity contribution < 1.29 is 53.3 Å². The number of carbonyl (C=O) groups excluding carboxylic acids is 1. The molecule has 1 aliphatic rings. The van der Waals surface area contributed by atoms with Crippen LogP contribution in [0.5, 0.6) is 5.75 Å². The maximum absolute atomic E-state index is 12.8. The van der Waals surface area contributed by atoms with E-state index >= 15 is 0 Å². The van der Waals surface area contributed by atoms with Crippen LogP contribution in [0.15, 0.2) is 48.6 Å². The Morgan fingerprint density at radius 2 is 1.95 bits per heavy atom. The third-order valence-electron chi connectivity index (χ3n) is 6.45. The monoisotopic (exact) mass is 562 g/mol. The predicted molar refractivity (Wildman–Crippen MR) is 132 cm³/mol. The van der Waals surface area contributed by atoms with Crippen molar-refractivity contribution in [3.63, 3.8) is 0 Å². The average Bonchev–Trinajstić information content (AvgIpc) is 3.14. The van der Waals surface area contributed by atoms with E-state index in [0.717, 1.165) is 12.1 Å². The second kappa shape index (κ2) is 15.9. The number of hydrogen-bond acceptors (Lipinski definition) is 9. The number of rotatable bonds is 15. The van der Waals surface area contributed by atoms with Gasteiger partial charge in [-0.15, -0.1) is 0 Å². The van der Waals surface area contributed by atoms with Gasteiger partial charge in [-0.1, -0.05) is 30.4 Å². The third-order valence-corrected chi connectivity index (χ3v) is 6.45. The van der Waals surface area contributed by atoms with Crippen molar-refractivity contribution in [3.05, 3.63) is 54.1 Å². The van der Waals surface area contributed by atoms with Gasteiger partial charge in [-0.05, 0) is 43.4 Å². The minimum atomic E-state index is -4.50. The molecular formula is C26H37F3N2O8. The van der Waals surface area contributed by atoms with Crippen molar-refractivity contribution in [2.45, 2.75) is 56.6 Å². The molecule has 0 aliphatic heterocycles. The molecule has 5 N–H and O–H groups in total. The molecule has 220 valence electrons. The van der Waals surface area contributed by atoms with Crippen LogP contribution < -0.4 is 4.74 Å². The summed E-state index contributed by atoms with van der Waals surface area (Å²) in [5.74, 6) is -0.878. The highest BCUT2D eigenvalue weighted by atomic mass is 19.4. The lowest BCUT2D eigenvalue weighted by Gasteiger charge is -2.20. The van der Waals surface area contributed by atoms with Crippen molar-refractivity contribution >= 4 is 5.91 Å². The molecule has 39 heavy (non-hydrogen) atoms. The highest BCUT2D eigenvalue weighted by molar-refractivity contribution is 5.75. The minimum absolute atomic E-state index is 0.0290. The van der Waals surface area contributed by atoms with Crippen molar-refractivity contribution in [1.29, 1.82) is 0 Å². The number of hydrogen-bond donors (Lipinski definition) is 5.